The predicted octanol–water partition coefficient (Wildman–Crippen LogP) is 3.82. The third-order valence-electron chi connectivity index (χ3n) is 10.1. The van der Waals surface area contributed by atoms with E-state index < -0.39 is 64.1 Å². The number of fused-ring (bicyclic) bond motifs is 6. The quantitative estimate of drug-likeness (QED) is 0.211. The number of aromatic hydroxyl groups is 1. The lowest BCUT2D eigenvalue weighted by molar-refractivity contribution is -0.177. The molecule has 48 heavy (non-hydrogen) atoms. The van der Waals surface area contributed by atoms with Gasteiger partial charge in [0.05, 0.1) is 14.2 Å². The van der Waals surface area contributed by atoms with Gasteiger partial charge in [-0.3, -0.25) is 24.1 Å². The number of esters is 1. The Balaban J connectivity index is 1.51. The van der Waals surface area contributed by atoms with Crippen molar-refractivity contribution in [1.29, 1.82) is 0 Å². The van der Waals surface area contributed by atoms with Crippen molar-refractivity contribution in [2.45, 2.75) is 56.2 Å². The van der Waals surface area contributed by atoms with Crippen molar-refractivity contribution in [3.05, 3.63) is 88.5 Å². The third-order valence-corrected chi connectivity index (χ3v) is 10.1. The van der Waals surface area contributed by atoms with Gasteiger partial charge in [0.2, 0.25) is 5.78 Å². The summed E-state index contributed by atoms with van der Waals surface area (Å²) in [6.45, 7) is 9.48. The number of ether oxygens (including phenoxy) is 3. The summed E-state index contributed by atoms with van der Waals surface area (Å²) in [4.78, 5) is 75.0. The van der Waals surface area contributed by atoms with Crippen LogP contribution in [-0.2, 0) is 34.1 Å². The van der Waals surface area contributed by atoms with Gasteiger partial charge in [-0.05, 0) is 30.7 Å². The molecule has 3 aliphatic heterocycles. The minimum atomic E-state index is -2.09. The molecule has 2 bridgehead atoms. The van der Waals surface area contributed by atoms with Gasteiger partial charge in [0.1, 0.15) is 28.3 Å². The number of aromatic nitrogens is 1. The summed E-state index contributed by atoms with van der Waals surface area (Å²) in [7, 11) is 2.36. The first-order chi connectivity index (χ1) is 22.7. The Hall–Kier alpha value is -5.65. The van der Waals surface area contributed by atoms with Crippen LogP contribution in [0.4, 0.5) is 0 Å². The lowest BCUT2D eigenvalue weighted by Crippen LogP contribution is -2.72. The van der Waals surface area contributed by atoms with Crippen LogP contribution in [0, 0.1) is 6.92 Å². The summed E-state index contributed by atoms with van der Waals surface area (Å²) < 4.78 is 16.8. The maximum absolute atomic E-state index is 14.9. The van der Waals surface area contributed by atoms with Gasteiger partial charge in [0.25, 0.3) is 17.5 Å². The standard InChI is InChI=1S/C36H33N3O9/c1-7-34(3,4)29-20(19-10-8-9-11-22(19)37-29)14-23-31(43)39-35(15-18(40)13-25(46-5)30(35)42)21-16-36(39,33(45)38-23)48-28-17(2)12-24(41)27(26(21)28)32(44)47-6/h7-14,21,37,41H,1,15-16H2,2-6H3,(H,38,45)/b23-14-/t21-,35+,36+/m1/s1. The van der Waals surface area contributed by atoms with Crippen LogP contribution < -0.4 is 10.1 Å². The fraction of sp³-hybridized carbons (Fsp3) is 0.306. The number of rotatable bonds is 5. The van der Waals surface area contributed by atoms with Gasteiger partial charge < -0.3 is 29.6 Å². The molecule has 2 amide bonds. The van der Waals surface area contributed by atoms with Gasteiger partial charge in [0.15, 0.2) is 11.5 Å². The molecule has 3 atom stereocenters. The molecule has 1 aliphatic carbocycles. The number of benzene rings is 2. The summed E-state index contributed by atoms with van der Waals surface area (Å²) in [5.74, 6) is -5.62. The molecule has 2 aromatic carbocycles. The minimum Gasteiger partial charge on any atom is -0.507 e. The number of carbonyl (C=O) groups excluding carboxylic acids is 5. The summed E-state index contributed by atoms with van der Waals surface area (Å²) in [6, 6.07) is 8.78. The summed E-state index contributed by atoms with van der Waals surface area (Å²) in [6.07, 6.45) is 3.54. The van der Waals surface area contributed by atoms with E-state index in [9.17, 15) is 29.1 Å². The minimum absolute atomic E-state index is 0.0297. The first-order valence-electron chi connectivity index (χ1n) is 15.4. The first-order valence-corrected chi connectivity index (χ1v) is 15.4. The highest BCUT2D eigenvalue weighted by molar-refractivity contribution is 6.19. The Bertz CT molecular complexity index is 2100. The van der Waals surface area contributed by atoms with Gasteiger partial charge in [-0.1, -0.05) is 38.1 Å². The molecule has 3 aromatic rings. The molecule has 1 aromatic heterocycles. The normalized spacial score (nSPS) is 25.4. The maximum Gasteiger partial charge on any atom is 0.342 e. The highest BCUT2D eigenvalue weighted by Gasteiger charge is 2.76. The molecular formula is C36H33N3O9. The second kappa shape index (κ2) is 10.2. The molecule has 12 heteroatoms. The molecule has 7 rings (SSSR count). The number of allylic oxidation sites excluding steroid dienone is 2. The number of Topliss-reactive ketones (excluding diaryl/α,β-unsaturated/α-hetero) is 1. The zero-order valence-corrected chi connectivity index (χ0v) is 27.0. The number of phenols is 1. The Morgan fingerprint density at radius 2 is 1.92 bits per heavy atom. The summed E-state index contributed by atoms with van der Waals surface area (Å²) in [5, 5.41) is 14.5. The molecule has 4 heterocycles. The SMILES string of the molecule is C=CC(C)(C)c1[nH]c2ccccc2c1/C=C1\NC(=O)[C@]23C[C@H](c4c(c(C)cc(O)c4C(=O)OC)O2)[C@]2(CC(=O)C=C(OC)C2=O)N3C1=O. The summed E-state index contributed by atoms with van der Waals surface area (Å²) in [5.41, 5.74) is -2.64. The highest BCUT2D eigenvalue weighted by Crippen LogP contribution is 2.63. The third kappa shape index (κ3) is 3.85. The fourth-order valence-corrected chi connectivity index (χ4v) is 7.78. The van der Waals surface area contributed by atoms with Crippen LogP contribution in [-0.4, -0.2) is 69.8 Å². The number of phenolic OH excluding ortho intramolecular Hbond substituents is 1. The van der Waals surface area contributed by atoms with E-state index in [0.29, 0.717) is 11.1 Å². The number of aryl methyl sites for hydroxylation is 1. The number of nitrogens with zero attached hydrogens (tertiary/aromatic N) is 1. The van der Waals surface area contributed by atoms with Gasteiger partial charge in [-0.2, -0.15) is 0 Å². The van der Waals surface area contributed by atoms with Gasteiger partial charge >= 0.3 is 5.97 Å². The smallest absolute Gasteiger partial charge is 0.342 e. The van der Waals surface area contributed by atoms with E-state index in [4.69, 9.17) is 14.2 Å². The van der Waals surface area contributed by atoms with Crippen LogP contribution in [0.1, 0.15) is 65.3 Å². The maximum atomic E-state index is 14.9. The topological polar surface area (TPSA) is 164 Å². The van der Waals surface area contributed by atoms with Crippen LogP contribution in [0.2, 0.25) is 0 Å². The number of H-pyrrole nitrogens is 1. The molecular weight excluding hydrogens is 618 g/mol. The monoisotopic (exact) mass is 651 g/mol. The Labute approximate surface area is 275 Å². The van der Waals surface area contributed by atoms with Crippen LogP contribution >= 0.6 is 0 Å². The second-order valence-electron chi connectivity index (χ2n) is 13.1. The number of piperazine rings is 1. The summed E-state index contributed by atoms with van der Waals surface area (Å²) >= 11 is 0. The molecule has 4 aliphatic rings. The molecule has 2 saturated heterocycles. The van der Waals surface area contributed by atoms with Crippen molar-refractivity contribution in [3.63, 3.8) is 0 Å². The molecule has 246 valence electrons. The van der Waals surface area contributed by atoms with Gasteiger partial charge in [-0.25, -0.2) is 4.79 Å². The van der Waals surface area contributed by atoms with Crippen LogP contribution in [0.5, 0.6) is 11.5 Å². The number of ketones is 2. The van der Waals surface area contributed by atoms with Crippen molar-refractivity contribution < 1.29 is 43.3 Å². The first kappa shape index (κ1) is 31.0. The number of aromatic amines is 1. The molecule has 2 spiro atoms. The van der Waals surface area contributed by atoms with Crippen LogP contribution in [0.25, 0.3) is 17.0 Å². The van der Waals surface area contributed by atoms with Gasteiger partial charge in [0, 0.05) is 58.0 Å². The number of nitrogens with one attached hydrogen (secondary N) is 2. The van der Waals surface area contributed by atoms with E-state index in [-0.39, 0.29) is 34.8 Å². The van der Waals surface area contributed by atoms with Crippen molar-refractivity contribution in [2.75, 3.05) is 14.2 Å². The molecule has 12 nitrogen and oxygen atoms in total. The number of amides is 2. The number of carbonyl (C=O) groups is 5. The van der Waals surface area contributed by atoms with Gasteiger partial charge in [-0.15, -0.1) is 6.58 Å². The molecule has 0 radical (unpaired) electrons. The molecule has 2 fully saturated rings. The van der Waals surface area contributed by atoms with E-state index in [1.165, 1.54) is 13.2 Å². The zero-order chi connectivity index (χ0) is 34.5. The lowest BCUT2D eigenvalue weighted by Gasteiger charge is -2.47. The Morgan fingerprint density at radius 1 is 1.19 bits per heavy atom. The average molecular weight is 652 g/mol. The van der Waals surface area contributed by atoms with E-state index in [2.05, 4.69) is 16.9 Å². The van der Waals surface area contributed by atoms with E-state index in [1.54, 1.807) is 19.1 Å². The van der Waals surface area contributed by atoms with Crippen molar-refractivity contribution in [2.24, 2.45) is 0 Å². The predicted molar refractivity (Wildman–Crippen MR) is 172 cm³/mol. The lowest BCUT2D eigenvalue weighted by atomic mass is 9.69. The van der Waals surface area contributed by atoms with E-state index >= 15 is 0 Å². The number of hydrogen-bond acceptors (Lipinski definition) is 9. The second-order valence-corrected chi connectivity index (χ2v) is 13.1. The molecule has 0 unspecified atom stereocenters. The number of hydrogen-bond donors (Lipinski definition) is 3. The van der Waals surface area contributed by atoms with Crippen molar-refractivity contribution >= 4 is 46.3 Å². The zero-order valence-electron chi connectivity index (χ0n) is 27.0. The number of methoxy groups -OCH3 is 2. The fourth-order valence-electron chi connectivity index (χ4n) is 7.78. The Kier molecular flexibility index (Phi) is 6.56. The number of para-hydroxylation sites is 1. The molecule has 0 saturated carbocycles. The Morgan fingerprint density at radius 3 is 2.60 bits per heavy atom. The average Bonchev–Trinajstić information content (AvgIpc) is 3.54. The van der Waals surface area contributed by atoms with Crippen LogP contribution in [0.3, 0.4) is 0 Å². The van der Waals surface area contributed by atoms with E-state index in [0.717, 1.165) is 34.7 Å². The van der Waals surface area contributed by atoms with E-state index in [1.807, 2.05) is 38.1 Å². The van der Waals surface area contributed by atoms with Crippen LogP contribution in [0.15, 0.2) is 60.5 Å². The highest BCUT2D eigenvalue weighted by atomic mass is 16.5. The molecule has 3 N–H and O–H groups in total. The van der Waals surface area contributed by atoms with Crippen molar-refractivity contribution in [3.8, 4) is 11.5 Å². The van der Waals surface area contributed by atoms with Crippen molar-refractivity contribution in [1.82, 2.24) is 15.2 Å². The largest absolute Gasteiger partial charge is 0.507 e.